The predicted molar refractivity (Wildman–Crippen MR) is 112 cm³/mol. The topological polar surface area (TPSA) is 38.8 Å². The Morgan fingerprint density at radius 3 is 2.48 bits per heavy atom. The van der Waals surface area contributed by atoms with Crippen LogP contribution in [0.2, 0.25) is 0 Å². The first-order valence-electron chi connectivity index (χ1n) is 10.2. The molecule has 1 heterocycles. The van der Waals surface area contributed by atoms with Crippen molar-refractivity contribution < 1.29 is 4.79 Å². The number of likely N-dealkylation sites (N-methyl/N-ethyl adjacent to an activating group) is 2. The Morgan fingerprint density at radius 1 is 1.15 bits per heavy atom. The average molecular weight is 371 g/mol. The van der Waals surface area contributed by atoms with Crippen molar-refractivity contribution in [1.29, 1.82) is 0 Å². The smallest absolute Gasteiger partial charge is 0.317 e. The van der Waals surface area contributed by atoms with Crippen LogP contribution in [0.3, 0.4) is 0 Å². The van der Waals surface area contributed by atoms with Crippen LogP contribution in [-0.4, -0.2) is 79.6 Å². The maximum Gasteiger partial charge on any atom is 0.317 e. The zero-order valence-electron chi connectivity index (χ0n) is 16.9. The van der Waals surface area contributed by atoms with E-state index < -0.39 is 0 Å². The molecular weight excluding hydrogens is 336 g/mol. The molecule has 3 rings (SSSR count). The van der Waals surface area contributed by atoms with E-state index in [4.69, 9.17) is 0 Å². The summed E-state index contributed by atoms with van der Waals surface area (Å²) in [6.07, 6.45) is 9.06. The van der Waals surface area contributed by atoms with Crippen molar-refractivity contribution in [2.75, 3.05) is 53.4 Å². The highest BCUT2D eigenvalue weighted by molar-refractivity contribution is 5.74. The lowest BCUT2D eigenvalue weighted by atomic mass is 9.94. The molecule has 0 radical (unpaired) electrons. The monoisotopic (exact) mass is 370 g/mol. The molecule has 1 saturated carbocycles. The fraction of sp³-hybridized carbons (Fsp3) is 0.591. The number of carbonyl (C=O) groups excluding carboxylic acids is 1. The zero-order chi connectivity index (χ0) is 19.1. The van der Waals surface area contributed by atoms with Gasteiger partial charge in [-0.15, -0.1) is 0 Å². The Morgan fingerprint density at radius 2 is 1.81 bits per heavy atom. The molecule has 27 heavy (non-hydrogen) atoms. The van der Waals surface area contributed by atoms with Crippen LogP contribution in [0.1, 0.15) is 31.2 Å². The summed E-state index contributed by atoms with van der Waals surface area (Å²) in [4.78, 5) is 19.4. The number of hydrogen-bond acceptors (Lipinski definition) is 3. The third kappa shape index (κ3) is 5.33. The lowest BCUT2D eigenvalue weighted by Gasteiger charge is -2.45. The number of carbonyl (C=O) groups is 1. The Kier molecular flexibility index (Phi) is 6.91. The normalized spacial score (nSPS) is 20.8. The van der Waals surface area contributed by atoms with E-state index in [1.54, 1.807) is 4.90 Å². The molecule has 5 heteroatoms. The van der Waals surface area contributed by atoms with Gasteiger partial charge in [-0.1, -0.05) is 55.3 Å². The number of urea groups is 1. The van der Waals surface area contributed by atoms with Gasteiger partial charge >= 0.3 is 6.03 Å². The molecule has 1 N–H and O–H groups in total. The van der Waals surface area contributed by atoms with Crippen molar-refractivity contribution in [3.8, 4) is 0 Å². The molecule has 2 amide bonds. The average Bonchev–Trinajstić information content (AvgIpc) is 3.17. The summed E-state index contributed by atoms with van der Waals surface area (Å²) >= 11 is 0. The van der Waals surface area contributed by atoms with Gasteiger partial charge in [0.2, 0.25) is 0 Å². The van der Waals surface area contributed by atoms with Crippen LogP contribution in [0.5, 0.6) is 0 Å². The number of nitrogens with zero attached hydrogens (tertiary/aromatic N) is 3. The van der Waals surface area contributed by atoms with Gasteiger partial charge in [0.05, 0.1) is 0 Å². The minimum absolute atomic E-state index is 0.0214. The van der Waals surface area contributed by atoms with Crippen molar-refractivity contribution >= 4 is 12.1 Å². The van der Waals surface area contributed by atoms with E-state index in [0.29, 0.717) is 6.54 Å². The highest BCUT2D eigenvalue weighted by atomic mass is 16.2. The Balaban J connectivity index is 1.49. The van der Waals surface area contributed by atoms with E-state index in [9.17, 15) is 4.79 Å². The second-order valence-electron chi connectivity index (χ2n) is 8.07. The van der Waals surface area contributed by atoms with Gasteiger partial charge in [-0.05, 0) is 25.5 Å². The third-order valence-corrected chi connectivity index (χ3v) is 6.11. The quantitative estimate of drug-likeness (QED) is 0.837. The van der Waals surface area contributed by atoms with E-state index in [1.807, 2.05) is 31.3 Å². The van der Waals surface area contributed by atoms with Crippen LogP contribution in [0, 0.1) is 0 Å². The van der Waals surface area contributed by atoms with Gasteiger partial charge in [0.25, 0.3) is 0 Å². The lowest BCUT2D eigenvalue weighted by Crippen LogP contribution is -2.60. The van der Waals surface area contributed by atoms with Crippen molar-refractivity contribution in [2.24, 2.45) is 0 Å². The Bertz CT molecular complexity index is 616. The summed E-state index contributed by atoms with van der Waals surface area (Å²) in [6.45, 7) is 5.86. The molecule has 2 fully saturated rings. The zero-order valence-corrected chi connectivity index (χ0v) is 16.9. The third-order valence-electron chi connectivity index (χ3n) is 6.11. The van der Waals surface area contributed by atoms with Crippen LogP contribution in [0.4, 0.5) is 4.79 Å². The molecule has 1 aliphatic heterocycles. The predicted octanol–water partition coefficient (Wildman–Crippen LogP) is 2.90. The summed E-state index contributed by atoms with van der Waals surface area (Å²) in [5.41, 5.74) is 1.32. The van der Waals surface area contributed by atoms with E-state index in [0.717, 1.165) is 38.3 Å². The second kappa shape index (κ2) is 9.38. The first-order valence-corrected chi connectivity index (χ1v) is 10.2. The molecule has 0 spiro atoms. The molecule has 5 nitrogen and oxygen atoms in total. The van der Waals surface area contributed by atoms with Gasteiger partial charge in [-0.2, -0.15) is 0 Å². The SMILES string of the molecule is CN1CCN(C2(CNC(=O)N(C)CC=Cc3ccccc3)CCCC2)CC1. The van der Waals surface area contributed by atoms with Crippen LogP contribution in [0.25, 0.3) is 6.08 Å². The minimum atomic E-state index is 0.0214. The summed E-state index contributed by atoms with van der Waals surface area (Å²) in [5, 5.41) is 3.22. The summed E-state index contributed by atoms with van der Waals surface area (Å²) in [7, 11) is 4.06. The first-order chi connectivity index (χ1) is 13.1. The lowest BCUT2D eigenvalue weighted by molar-refractivity contribution is 0.0436. The van der Waals surface area contributed by atoms with Gasteiger partial charge in [0, 0.05) is 51.9 Å². The molecule has 0 unspecified atom stereocenters. The number of nitrogens with one attached hydrogen (secondary N) is 1. The Labute approximate surface area is 164 Å². The molecule has 1 aromatic carbocycles. The molecule has 0 aromatic heterocycles. The molecule has 1 saturated heterocycles. The molecule has 0 atom stereocenters. The van der Waals surface area contributed by atoms with E-state index >= 15 is 0 Å². The summed E-state index contributed by atoms with van der Waals surface area (Å²) in [5.74, 6) is 0. The number of rotatable bonds is 6. The number of amides is 2. The van der Waals surface area contributed by atoms with Crippen molar-refractivity contribution in [3.63, 3.8) is 0 Å². The maximum atomic E-state index is 12.6. The number of benzene rings is 1. The molecule has 1 aromatic rings. The standard InChI is InChI=1S/C22H34N4O/c1-24-15-17-26(18-16-24)22(12-6-7-13-22)19-23-21(27)25(2)14-8-11-20-9-4-3-5-10-20/h3-5,8-11H,6-7,12-19H2,1-2H3,(H,23,27). The number of hydrogen-bond donors (Lipinski definition) is 1. The van der Waals surface area contributed by atoms with Crippen molar-refractivity contribution in [3.05, 3.63) is 42.0 Å². The Hall–Kier alpha value is -1.85. The first kappa shape index (κ1) is 19.9. The van der Waals surface area contributed by atoms with Gasteiger partial charge in [-0.3, -0.25) is 4.90 Å². The summed E-state index contributed by atoms with van der Waals surface area (Å²) < 4.78 is 0. The fourth-order valence-electron chi connectivity index (χ4n) is 4.29. The van der Waals surface area contributed by atoms with Crippen LogP contribution >= 0.6 is 0 Å². The van der Waals surface area contributed by atoms with Gasteiger partial charge in [-0.25, -0.2) is 4.79 Å². The van der Waals surface area contributed by atoms with Crippen LogP contribution in [0.15, 0.2) is 36.4 Å². The fourth-order valence-corrected chi connectivity index (χ4v) is 4.29. The van der Waals surface area contributed by atoms with Crippen LogP contribution < -0.4 is 5.32 Å². The van der Waals surface area contributed by atoms with Gasteiger partial charge < -0.3 is 15.1 Å². The van der Waals surface area contributed by atoms with Crippen molar-refractivity contribution in [1.82, 2.24) is 20.0 Å². The minimum Gasteiger partial charge on any atom is -0.336 e. The molecular formula is C22H34N4O. The number of piperazine rings is 1. The largest absolute Gasteiger partial charge is 0.336 e. The van der Waals surface area contributed by atoms with E-state index in [1.165, 1.54) is 25.7 Å². The van der Waals surface area contributed by atoms with Crippen molar-refractivity contribution in [2.45, 2.75) is 31.2 Å². The van der Waals surface area contributed by atoms with Gasteiger partial charge in [0.1, 0.15) is 0 Å². The van der Waals surface area contributed by atoms with Gasteiger partial charge in [0.15, 0.2) is 0 Å². The second-order valence-corrected chi connectivity index (χ2v) is 8.07. The van der Waals surface area contributed by atoms with E-state index in [-0.39, 0.29) is 11.6 Å². The maximum absolute atomic E-state index is 12.6. The molecule has 148 valence electrons. The highest BCUT2D eigenvalue weighted by Crippen LogP contribution is 2.35. The van der Waals surface area contributed by atoms with Crippen LogP contribution in [-0.2, 0) is 0 Å². The highest BCUT2D eigenvalue weighted by Gasteiger charge is 2.40. The summed E-state index contributed by atoms with van der Waals surface area (Å²) in [6, 6.07) is 10.2. The molecule has 0 bridgehead atoms. The molecule has 2 aliphatic rings. The van der Waals surface area contributed by atoms with E-state index in [2.05, 4.69) is 40.4 Å². The molecule has 1 aliphatic carbocycles.